The Bertz CT molecular complexity index is 1320. The van der Waals surface area contributed by atoms with Gasteiger partial charge in [-0.3, -0.25) is 19.2 Å². The number of fused-ring (bicyclic) bond motifs is 1. The maximum absolute atomic E-state index is 14.3. The summed E-state index contributed by atoms with van der Waals surface area (Å²) in [6, 6.07) is -2.96. The number of Topliss-reactive ketones (excluding diaryl/α,β-unsaturated/α-hetero) is 1. The van der Waals surface area contributed by atoms with Crippen LogP contribution in [0.5, 0.6) is 0 Å². The van der Waals surface area contributed by atoms with Crippen molar-refractivity contribution in [2.24, 2.45) is 23.2 Å². The van der Waals surface area contributed by atoms with Gasteiger partial charge in [0.05, 0.1) is 16.5 Å². The first-order chi connectivity index (χ1) is 21.6. The highest BCUT2D eigenvalue weighted by atomic mass is 32.2. The Morgan fingerprint density at radius 2 is 1.62 bits per heavy atom. The van der Waals surface area contributed by atoms with E-state index in [4.69, 9.17) is 4.74 Å². The predicted molar refractivity (Wildman–Crippen MR) is 179 cm³/mol. The minimum absolute atomic E-state index is 0.0612. The maximum atomic E-state index is 14.3. The van der Waals surface area contributed by atoms with Gasteiger partial charge in [0, 0.05) is 13.1 Å². The van der Waals surface area contributed by atoms with Crippen LogP contribution in [0.25, 0.3) is 0 Å². The number of allylic oxidation sites excluding steroid dienone is 1. The summed E-state index contributed by atoms with van der Waals surface area (Å²) in [6.45, 7) is 17.8. The quantitative estimate of drug-likeness (QED) is 0.197. The standard InChI is InChI=1S/C34H56N4O8S/c1-10-11-17-23(27(39)29(41)35-18-19-47(44,45)33(5,6)7)36-28(40)26-24-22(34(24,8)9)20-38(26)30(42)25(21-15-13-12-14-16-21)37-31(43)46-32(2,3)4/h10,21-26H,1,11-20H2,2-9H3,(H,35,41)(H,36,40)(H,37,43). The molecule has 266 valence electrons. The van der Waals surface area contributed by atoms with Gasteiger partial charge in [0.2, 0.25) is 17.6 Å². The fourth-order valence-electron chi connectivity index (χ4n) is 6.94. The van der Waals surface area contributed by atoms with Crippen LogP contribution >= 0.6 is 0 Å². The van der Waals surface area contributed by atoms with Crippen LogP contribution in [0, 0.1) is 23.2 Å². The van der Waals surface area contributed by atoms with Crippen LogP contribution in [0.2, 0.25) is 0 Å². The van der Waals surface area contributed by atoms with Crippen LogP contribution in [0.3, 0.4) is 0 Å². The van der Waals surface area contributed by atoms with E-state index in [-0.39, 0.29) is 47.8 Å². The number of hydrogen-bond acceptors (Lipinski definition) is 8. The molecule has 4 amide bonds. The number of nitrogens with zero attached hydrogens (tertiary/aromatic N) is 1. The molecule has 47 heavy (non-hydrogen) atoms. The Labute approximate surface area is 280 Å². The third-order valence-corrected chi connectivity index (χ3v) is 12.5. The second-order valence-corrected chi connectivity index (χ2v) is 18.8. The summed E-state index contributed by atoms with van der Waals surface area (Å²) in [5.74, 6) is -3.33. The molecule has 3 N–H and O–H groups in total. The Hall–Kier alpha value is -2.96. The third-order valence-electron chi connectivity index (χ3n) is 9.93. The zero-order valence-electron chi connectivity index (χ0n) is 29.4. The fourth-order valence-corrected chi connectivity index (χ4v) is 7.92. The first-order valence-corrected chi connectivity index (χ1v) is 18.5. The number of nitrogens with one attached hydrogen (secondary N) is 3. The number of amides is 4. The number of carbonyl (C=O) groups excluding carboxylic acids is 5. The minimum atomic E-state index is -3.52. The summed E-state index contributed by atoms with van der Waals surface area (Å²) in [6.07, 6.45) is 5.76. The van der Waals surface area contributed by atoms with Crippen molar-refractivity contribution in [2.75, 3.05) is 18.8 Å². The molecular weight excluding hydrogens is 624 g/mol. The average molecular weight is 681 g/mol. The zero-order chi connectivity index (χ0) is 35.5. The number of alkyl carbamates (subject to hydrolysis) is 1. The van der Waals surface area contributed by atoms with Crippen molar-refractivity contribution in [3.05, 3.63) is 12.7 Å². The molecule has 2 aliphatic carbocycles. The molecule has 5 unspecified atom stereocenters. The number of ether oxygens (including phenoxy) is 1. The molecule has 12 nitrogen and oxygen atoms in total. The van der Waals surface area contributed by atoms with Crippen molar-refractivity contribution in [3.8, 4) is 0 Å². The van der Waals surface area contributed by atoms with Gasteiger partial charge >= 0.3 is 6.09 Å². The highest BCUT2D eigenvalue weighted by Crippen LogP contribution is 2.65. The van der Waals surface area contributed by atoms with Crippen molar-refractivity contribution < 1.29 is 37.1 Å². The zero-order valence-corrected chi connectivity index (χ0v) is 30.3. The fraction of sp³-hybridized carbons (Fsp3) is 0.794. The van der Waals surface area contributed by atoms with Gasteiger partial charge in [-0.25, -0.2) is 13.2 Å². The lowest BCUT2D eigenvalue weighted by molar-refractivity contribution is -0.145. The van der Waals surface area contributed by atoms with E-state index >= 15 is 0 Å². The van der Waals surface area contributed by atoms with Crippen LogP contribution in [-0.4, -0.2) is 90.2 Å². The molecule has 1 saturated heterocycles. The van der Waals surface area contributed by atoms with Crippen LogP contribution in [0.4, 0.5) is 4.79 Å². The Morgan fingerprint density at radius 1 is 1.00 bits per heavy atom. The van der Waals surface area contributed by atoms with Crippen LogP contribution in [0.15, 0.2) is 12.7 Å². The van der Waals surface area contributed by atoms with E-state index in [0.717, 1.165) is 32.1 Å². The van der Waals surface area contributed by atoms with E-state index in [0.29, 0.717) is 13.0 Å². The number of hydrogen-bond donors (Lipinski definition) is 3. The summed E-state index contributed by atoms with van der Waals surface area (Å²) in [5, 5.41) is 7.97. The van der Waals surface area contributed by atoms with Crippen molar-refractivity contribution >= 4 is 39.4 Å². The first kappa shape index (κ1) is 38.5. The second-order valence-electron chi connectivity index (χ2n) is 15.9. The Kier molecular flexibility index (Phi) is 12.0. The summed E-state index contributed by atoms with van der Waals surface area (Å²) in [5.41, 5.74) is -0.972. The highest BCUT2D eigenvalue weighted by Gasteiger charge is 2.69. The molecule has 0 aromatic heterocycles. The molecule has 2 saturated carbocycles. The molecule has 0 bridgehead atoms. The van der Waals surface area contributed by atoms with Gasteiger partial charge in [-0.05, 0) is 90.4 Å². The Balaban J connectivity index is 1.80. The molecule has 3 fully saturated rings. The summed E-state index contributed by atoms with van der Waals surface area (Å²) < 4.78 is 29.4. The van der Waals surface area contributed by atoms with Crippen LogP contribution in [0.1, 0.15) is 100 Å². The van der Waals surface area contributed by atoms with Crippen molar-refractivity contribution in [2.45, 2.75) is 129 Å². The molecule has 3 aliphatic rings. The predicted octanol–water partition coefficient (Wildman–Crippen LogP) is 3.29. The van der Waals surface area contributed by atoms with Crippen molar-refractivity contribution in [3.63, 3.8) is 0 Å². The normalized spacial score (nSPS) is 23.9. The largest absolute Gasteiger partial charge is 0.444 e. The van der Waals surface area contributed by atoms with Gasteiger partial charge in [0.1, 0.15) is 17.7 Å². The molecule has 1 heterocycles. The molecule has 0 radical (unpaired) electrons. The smallest absolute Gasteiger partial charge is 0.408 e. The molecule has 0 aromatic rings. The topological polar surface area (TPSA) is 168 Å². The van der Waals surface area contributed by atoms with Gasteiger partial charge in [-0.15, -0.1) is 6.58 Å². The molecule has 0 aromatic carbocycles. The average Bonchev–Trinajstić information content (AvgIpc) is 3.27. The van der Waals surface area contributed by atoms with E-state index in [9.17, 15) is 32.4 Å². The Morgan fingerprint density at radius 3 is 2.17 bits per heavy atom. The molecule has 0 spiro atoms. The number of likely N-dealkylation sites (tertiary alicyclic amines) is 1. The van der Waals surface area contributed by atoms with E-state index in [1.807, 2.05) is 13.8 Å². The SMILES string of the molecule is C=CCCC(NC(=O)C1C2C(CN1C(=O)C(NC(=O)OC(C)(C)C)C1CCCCC1)C2(C)C)C(=O)C(=O)NCCS(=O)(=O)C(C)(C)C. The van der Waals surface area contributed by atoms with E-state index < -0.39 is 62.0 Å². The first-order valence-electron chi connectivity index (χ1n) is 16.9. The number of sulfone groups is 1. The molecule has 1 aliphatic heterocycles. The molecule has 3 rings (SSSR count). The number of piperidine rings is 1. The van der Waals surface area contributed by atoms with Gasteiger partial charge in [0.15, 0.2) is 9.84 Å². The summed E-state index contributed by atoms with van der Waals surface area (Å²) in [4.78, 5) is 68.9. The van der Waals surface area contributed by atoms with Crippen molar-refractivity contribution in [1.82, 2.24) is 20.9 Å². The highest BCUT2D eigenvalue weighted by molar-refractivity contribution is 7.92. The number of rotatable bonds is 13. The summed E-state index contributed by atoms with van der Waals surface area (Å²) >= 11 is 0. The monoisotopic (exact) mass is 680 g/mol. The maximum Gasteiger partial charge on any atom is 0.408 e. The van der Waals surface area contributed by atoms with Gasteiger partial charge in [0.25, 0.3) is 5.91 Å². The lowest BCUT2D eigenvalue weighted by atomic mass is 9.83. The van der Waals surface area contributed by atoms with Gasteiger partial charge in [-0.2, -0.15) is 0 Å². The lowest BCUT2D eigenvalue weighted by Gasteiger charge is -2.37. The van der Waals surface area contributed by atoms with Crippen LogP contribution < -0.4 is 16.0 Å². The minimum Gasteiger partial charge on any atom is -0.444 e. The number of ketones is 1. The van der Waals surface area contributed by atoms with Gasteiger partial charge in [-0.1, -0.05) is 39.2 Å². The van der Waals surface area contributed by atoms with Crippen LogP contribution in [-0.2, 0) is 33.8 Å². The second kappa shape index (κ2) is 14.7. The number of carbonyl (C=O) groups is 5. The van der Waals surface area contributed by atoms with Gasteiger partial charge < -0.3 is 25.6 Å². The third kappa shape index (κ3) is 9.35. The van der Waals surface area contributed by atoms with E-state index in [2.05, 4.69) is 22.5 Å². The lowest BCUT2D eigenvalue weighted by Crippen LogP contribution is -2.60. The van der Waals surface area contributed by atoms with Crippen molar-refractivity contribution in [1.29, 1.82) is 0 Å². The molecular formula is C34H56N4O8S. The molecule has 5 atom stereocenters. The molecule has 13 heteroatoms. The van der Waals surface area contributed by atoms with E-state index in [1.54, 1.807) is 52.5 Å². The van der Waals surface area contributed by atoms with E-state index in [1.165, 1.54) is 0 Å². The summed E-state index contributed by atoms with van der Waals surface area (Å²) in [7, 11) is -3.52.